The number of aryl methyl sites for hydroxylation is 1. The van der Waals surface area contributed by atoms with Crippen molar-refractivity contribution in [3.63, 3.8) is 0 Å². The van der Waals surface area contributed by atoms with Gasteiger partial charge in [-0.3, -0.25) is 0 Å². The Bertz CT molecular complexity index is 577. The maximum absolute atomic E-state index is 5.89. The van der Waals surface area contributed by atoms with Gasteiger partial charge < -0.3 is 9.47 Å². The van der Waals surface area contributed by atoms with Crippen molar-refractivity contribution < 1.29 is 9.47 Å². The molecule has 0 amide bonds. The van der Waals surface area contributed by atoms with Gasteiger partial charge in [-0.05, 0) is 53.4 Å². The van der Waals surface area contributed by atoms with E-state index in [0.29, 0.717) is 19.1 Å². The zero-order chi connectivity index (χ0) is 15.6. The average Bonchev–Trinajstić information content (AvgIpc) is 2.88. The molecule has 0 radical (unpaired) electrons. The molecule has 0 N–H and O–H groups in total. The Hall–Kier alpha value is -0.860. The van der Waals surface area contributed by atoms with Crippen LogP contribution in [0, 0.1) is 12.8 Å². The van der Waals surface area contributed by atoms with Crippen LogP contribution in [0.25, 0.3) is 0 Å². The van der Waals surface area contributed by atoms with Crippen molar-refractivity contribution in [1.29, 1.82) is 0 Å². The fraction of sp³-hybridized carbons (Fsp3) is 0.684. The first-order valence-electron chi connectivity index (χ1n) is 8.04. The molecule has 21 heavy (non-hydrogen) atoms. The van der Waals surface area contributed by atoms with Crippen molar-refractivity contribution in [2.75, 3.05) is 13.2 Å². The standard InChI is InChI=1S/C19H28O2/c1-12-10-15-16(18(5,6)13(2)17(15,3)4)11-14(12)19(7)20-8-9-21-19/h10-11,13H,8-9H2,1-7H3. The Kier molecular flexibility index (Phi) is 3.10. The molecule has 2 heteroatoms. The third kappa shape index (κ3) is 1.92. The van der Waals surface area contributed by atoms with Gasteiger partial charge in [0.05, 0.1) is 13.2 Å². The predicted octanol–water partition coefficient (Wildman–Crippen LogP) is 4.42. The SMILES string of the molecule is Cc1cc2c(cc1C1(C)OCCO1)C(C)(C)C(C)C2(C)C. The molecule has 1 heterocycles. The van der Waals surface area contributed by atoms with E-state index in [-0.39, 0.29) is 10.8 Å². The summed E-state index contributed by atoms with van der Waals surface area (Å²) in [5, 5.41) is 0. The van der Waals surface area contributed by atoms with Crippen LogP contribution in [0.2, 0.25) is 0 Å². The van der Waals surface area contributed by atoms with E-state index in [1.165, 1.54) is 22.3 Å². The summed E-state index contributed by atoms with van der Waals surface area (Å²) in [5.41, 5.74) is 5.80. The Morgan fingerprint density at radius 3 is 1.86 bits per heavy atom. The van der Waals surface area contributed by atoms with Crippen LogP contribution in [0.3, 0.4) is 0 Å². The van der Waals surface area contributed by atoms with Gasteiger partial charge in [-0.25, -0.2) is 0 Å². The van der Waals surface area contributed by atoms with Crippen LogP contribution in [-0.2, 0) is 26.1 Å². The third-order valence-corrected chi connectivity index (χ3v) is 6.25. The molecule has 0 saturated carbocycles. The summed E-state index contributed by atoms with van der Waals surface area (Å²) in [7, 11) is 0. The van der Waals surface area contributed by atoms with E-state index < -0.39 is 5.79 Å². The van der Waals surface area contributed by atoms with Crippen LogP contribution in [0.5, 0.6) is 0 Å². The number of hydrogen-bond donors (Lipinski definition) is 0. The van der Waals surface area contributed by atoms with Crippen molar-refractivity contribution in [2.45, 2.75) is 65.1 Å². The smallest absolute Gasteiger partial charge is 0.192 e. The Balaban J connectivity index is 2.21. The van der Waals surface area contributed by atoms with E-state index in [9.17, 15) is 0 Å². The van der Waals surface area contributed by atoms with Gasteiger partial charge in [-0.15, -0.1) is 0 Å². The molecule has 1 atom stereocenters. The molecule has 1 aromatic rings. The zero-order valence-electron chi connectivity index (χ0n) is 14.5. The van der Waals surface area contributed by atoms with Crippen LogP contribution in [-0.4, -0.2) is 13.2 Å². The molecule has 116 valence electrons. The van der Waals surface area contributed by atoms with Crippen LogP contribution in [0.15, 0.2) is 12.1 Å². The van der Waals surface area contributed by atoms with Crippen molar-refractivity contribution in [2.24, 2.45) is 5.92 Å². The summed E-state index contributed by atoms with van der Waals surface area (Å²) < 4.78 is 11.8. The van der Waals surface area contributed by atoms with Gasteiger partial charge in [0.25, 0.3) is 0 Å². The second kappa shape index (κ2) is 4.33. The lowest BCUT2D eigenvalue weighted by Gasteiger charge is -2.32. The number of benzene rings is 1. The van der Waals surface area contributed by atoms with Crippen LogP contribution in [0.4, 0.5) is 0 Å². The van der Waals surface area contributed by atoms with Crippen LogP contribution in [0.1, 0.15) is 63.8 Å². The van der Waals surface area contributed by atoms with E-state index in [0.717, 1.165) is 0 Å². The fourth-order valence-corrected chi connectivity index (χ4v) is 4.30. The highest BCUT2D eigenvalue weighted by atomic mass is 16.7. The molecular weight excluding hydrogens is 260 g/mol. The second-order valence-corrected chi connectivity index (χ2v) is 8.02. The van der Waals surface area contributed by atoms with Crippen molar-refractivity contribution in [3.8, 4) is 0 Å². The number of hydrogen-bond acceptors (Lipinski definition) is 2. The van der Waals surface area contributed by atoms with Crippen LogP contribution >= 0.6 is 0 Å². The first-order chi connectivity index (χ1) is 9.60. The minimum absolute atomic E-state index is 0.177. The van der Waals surface area contributed by atoms with Gasteiger partial charge in [-0.1, -0.05) is 40.7 Å². The second-order valence-electron chi connectivity index (χ2n) is 8.02. The minimum atomic E-state index is -0.578. The van der Waals surface area contributed by atoms with E-state index in [1.807, 2.05) is 6.92 Å². The average molecular weight is 288 g/mol. The minimum Gasteiger partial charge on any atom is -0.344 e. The van der Waals surface area contributed by atoms with Gasteiger partial charge in [0, 0.05) is 5.56 Å². The van der Waals surface area contributed by atoms with Crippen LogP contribution < -0.4 is 0 Å². The first kappa shape index (κ1) is 15.1. The van der Waals surface area contributed by atoms with Crippen molar-refractivity contribution >= 4 is 0 Å². The molecule has 0 bridgehead atoms. The lowest BCUT2D eigenvalue weighted by molar-refractivity contribution is -0.150. The molecule has 1 aromatic carbocycles. The fourth-order valence-electron chi connectivity index (χ4n) is 4.30. The number of rotatable bonds is 1. The summed E-state index contributed by atoms with van der Waals surface area (Å²) in [6.07, 6.45) is 0. The molecule has 1 saturated heterocycles. The molecule has 2 aliphatic rings. The molecule has 3 rings (SSSR count). The summed E-state index contributed by atoms with van der Waals surface area (Å²) in [6, 6.07) is 4.72. The summed E-state index contributed by atoms with van der Waals surface area (Å²) in [5.74, 6) is 0.0263. The summed E-state index contributed by atoms with van der Waals surface area (Å²) in [4.78, 5) is 0. The highest BCUT2D eigenvalue weighted by Gasteiger charge is 2.49. The molecule has 2 nitrogen and oxygen atoms in total. The van der Waals surface area contributed by atoms with Gasteiger partial charge in [0.1, 0.15) is 0 Å². The van der Waals surface area contributed by atoms with E-state index in [2.05, 4.69) is 53.7 Å². The maximum Gasteiger partial charge on any atom is 0.192 e. The lowest BCUT2D eigenvalue weighted by atomic mass is 9.71. The lowest BCUT2D eigenvalue weighted by Crippen LogP contribution is -2.30. The van der Waals surface area contributed by atoms with E-state index >= 15 is 0 Å². The maximum atomic E-state index is 5.89. The first-order valence-corrected chi connectivity index (χ1v) is 8.04. The van der Waals surface area contributed by atoms with Crippen molar-refractivity contribution in [1.82, 2.24) is 0 Å². The monoisotopic (exact) mass is 288 g/mol. The predicted molar refractivity (Wildman–Crippen MR) is 85.7 cm³/mol. The Morgan fingerprint density at radius 1 is 0.857 bits per heavy atom. The number of ether oxygens (including phenoxy) is 2. The van der Waals surface area contributed by atoms with Gasteiger partial charge >= 0.3 is 0 Å². The molecule has 1 aliphatic heterocycles. The number of fused-ring (bicyclic) bond motifs is 1. The quantitative estimate of drug-likeness (QED) is 0.761. The Morgan fingerprint density at radius 2 is 1.33 bits per heavy atom. The van der Waals surface area contributed by atoms with Gasteiger partial charge in [0.2, 0.25) is 0 Å². The van der Waals surface area contributed by atoms with E-state index in [4.69, 9.17) is 9.47 Å². The summed E-state index contributed by atoms with van der Waals surface area (Å²) in [6.45, 7) is 17.4. The zero-order valence-corrected chi connectivity index (χ0v) is 14.5. The molecular formula is C19H28O2. The molecule has 1 unspecified atom stereocenters. The molecule has 1 fully saturated rings. The molecule has 0 spiro atoms. The largest absolute Gasteiger partial charge is 0.344 e. The van der Waals surface area contributed by atoms with Crippen molar-refractivity contribution in [3.05, 3.63) is 34.4 Å². The van der Waals surface area contributed by atoms with Gasteiger partial charge in [-0.2, -0.15) is 0 Å². The highest BCUT2D eigenvalue weighted by Crippen LogP contribution is 2.54. The van der Waals surface area contributed by atoms with E-state index in [1.54, 1.807) is 0 Å². The normalized spacial score (nSPS) is 28.6. The summed E-state index contributed by atoms with van der Waals surface area (Å²) >= 11 is 0. The third-order valence-electron chi connectivity index (χ3n) is 6.25. The topological polar surface area (TPSA) is 18.5 Å². The van der Waals surface area contributed by atoms with Gasteiger partial charge in [0.15, 0.2) is 5.79 Å². The molecule has 1 aliphatic carbocycles. The Labute approximate surface area is 128 Å². The highest BCUT2D eigenvalue weighted by molar-refractivity contribution is 5.51. The molecule has 0 aromatic heterocycles.